The second-order valence-corrected chi connectivity index (χ2v) is 9.86. The Morgan fingerprint density at radius 2 is 1.18 bits per heavy atom. The third-order valence-electron chi connectivity index (χ3n) is 7.01. The third-order valence-corrected chi connectivity index (χ3v) is 7.26. The molecule has 0 aliphatic carbocycles. The first kappa shape index (κ1) is 30.6. The van der Waals surface area contributed by atoms with Crippen molar-refractivity contribution in [3.63, 3.8) is 0 Å². The van der Waals surface area contributed by atoms with Crippen LogP contribution in [-0.4, -0.2) is 44.5 Å². The van der Waals surface area contributed by atoms with Gasteiger partial charge in [0.1, 0.15) is 39.9 Å². The van der Waals surface area contributed by atoms with E-state index in [2.05, 4.69) is 0 Å². The predicted octanol–water partition coefficient (Wildman–Crippen LogP) is 6.97. The molecule has 8 nitrogen and oxygen atoms in total. The number of hydrogen-bond donors (Lipinski definition) is 1. The maximum Gasteiger partial charge on any atom is 0.347 e. The van der Waals surface area contributed by atoms with Gasteiger partial charge in [0.25, 0.3) is 0 Å². The van der Waals surface area contributed by atoms with Gasteiger partial charge in [-0.1, -0.05) is 11.6 Å². The molecule has 0 amide bonds. The first-order valence-electron chi connectivity index (χ1n) is 12.8. The molecule has 3 rings (SSSR count). The number of carbonyl (C=O) groups is 2. The van der Waals surface area contributed by atoms with Crippen molar-refractivity contribution in [2.75, 3.05) is 27.4 Å². The number of benzene rings is 3. The van der Waals surface area contributed by atoms with E-state index in [1.807, 2.05) is 32.9 Å². The lowest BCUT2D eigenvalue weighted by atomic mass is 9.96. The molecule has 0 fully saturated rings. The molecule has 0 heterocycles. The average molecular weight is 571 g/mol. The summed E-state index contributed by atoms with van der Waals surface area (Å²) in [6.07, 6.45) is 0.638. The Balaban J connectivity index is 1.86. The van der Waals surface area contributed by atoms with Gasteiger partial charge in [0.2, 0.25) is 0 Å². The van der Waals surface area contributed by atoms with Gasteiger partial charge >= 0.3 is 11.9 Å². The van der Waals surface area contributed by atoms with Crippen LogP contribution in [0.2, 0.25) is 5.02 Å². The molecule has 40 heavy (non-hydrogen) atoms. The van der Waals surface area contributed by atoms with E-state index < -0.39 is 11.9 Å². The predicted molar refractivity (Wildman–Crippen MR) is 153 cm³/mol. The number of hydrogen-bond acceptors (Lipinski definition) is 7. The summed E-state index contributed by atoms with van der Waals surface area (Å²) in [6, 6.07) is 7.16. The Morgan fingerprint density at radius 3 is 1.75 bits per heavy atom. The van der Waals surface area contributed by atoms with Crippen LogP contribution in [0.25, 0.3) is 0 Å². The number of carbonyl (C=O) groups excluding carboxylic acids is 1. The van der Waals surface area contributed by atoms with Crippen LogP contribution in [0.5, 0.6) is 28.7 Å². The van der Waals surface area contributed by atoms with Crippen molar-refractivity contribution in [3.8, 4) is 28.7 Å². The maximum atomic E-state index is 13.6. The molecule has 1 N–H and O–H groups in total. The fraction of sp³-hybridized carbons (Fsp3) is 0.355. The fourth-order valence-corrected chi connectivity index (χ4v) is 4.81. The zero-order valence-electron chi connectivity index (χ0n) is 24.1. The molecule has 0 aliphatic heterocycles. The molecule has 3 aromatic carbocycles. The number of carboxylic acid groups (broad SMARTS) is 1. The Bertz CT molecular complexity index is 1430. The Labute approximate surface area is 239 Å². The van der Waals surface area contributed by atoms with Crippen molar-refractivity contribution < 1.29 is 38.4 Å². The average Bonchev–Trinajstić information content (AvgIpc) is 2.92. The van der Waals surface area contributed by atoms with E-state index in [0.717, 1.165) is 11.3 Å². The normalized spacial score (nSPS) is 10.7. The third kappa shape index (κ3) is 6.12. The minimum absolute atomic E-state index is 0.0396. The number of methoxy groups -OCH3 is 2. The second-order valence-electron chi connectivity index (χ2n) is 9.42. The van der Waals surface area contributed by atoms with E-state index in [1.54, 1.807) is 32.9 Å². The number of rotatable bonds is 11. The summed E-state index contributed by atoms with van der Waals surface area (Å²) < 4.78 is 28.8. The first-order chi connectivity index (χ1) is 18.9. The van der Waals surface area contributed by atoms with E-state index in [1.165, 1.54) is 14.2 Å². The summed E-state index contributed by atoms with van der Waals surface area (Å²) in [4.78, 5) is 25.5. The topological polar surface area (TPSA) is 101 Å². The lowest BCUT2D eigenvalue weighted by Gasteiger charge is -2.22. The lowest BCUT2D eigenvalue weighted by Crippen LogP contribution is -2.17. The van der Waals surface area contributed by atoms with Gasteiger partial charge in [0.15, 0.2) is 0 Å². The number of carboxylic acids is 1. The quantitative estimate of drug-likeness (QED) is 0.150. The molecule has 9 heteroatoms. The van der Waals surface area contributed by atoms with Gasteiger partial charge in [0.05, 0.1) is 27.4 Å². The van der Waals surface area contributed by atoms with Gasteiger partial charge in [-0.3, -0.25) is 0 Å². The van der Waals surface area contributed by atoms with Crippen LogP contribution in [0.4, 0.5) is 0 Å². The highest BCUT2D eigenvalue weighted by Gasteiger charge is 2.29. The van der Waals surface area contributed by atoms with Crippen molar-refractivity contribution in [1.29, 1.82) is 0 Å². The van der Waals surface area contributed by atoms with Crippen molar-refractivity contribution in [3.05, 3.63) is 73.8 Å². The van der Waals surface area contributed by atoms with Crippen molar-refractivity contribution >= 4 is 23.5 Å². The Morgan fingerprint density at radius 1 is 0.675 bits per heavy atom. The smallest absolute Gasteiger partial charge is 0.347 e. The first-order valence-corrected chi connectivity index (χ1v) is 13.1. The van der Waals surface area contributed by atoms with Crippen molar-refractivity contribution in [1.82, 2.24) is 0 Å². The van der Waals surface area contributed by atoms with Gasteiger partial charge in [-0.05, 0) is 88.1 Å². The largest absolute Gasteiger partial charge is 0.495 e. The van der Waals surface area contributed by atoms with Crippen LogP contribution < -0.4 is 23.7 Å². The fourth-order valence-electron chi connectivity index (χ4n) is 4.68. The molecule has 0 atom stereocenters. The summed E-state index contributed by atoms with van der Waals surface area (Å²) >= 11 is 5.91. The molecular weight excluding hydrogens is 536 g/mol. The Hall–Kier alpha value is -3.91. The minimum atomic E-state index is -1.12. The summed E-state index contributed by atoms with van der Waals surface area (Å²) in [7, 11) is 2.88. The minimum Gasteiger partial charge on any atom is -0.495 e. The maximum absolute atomic E-state index is 13.6. The molecule has 0 bridgehead atoms. The zero-order valence-corrected chi connectivity index (χ0v) is 24.9. The molecule has 0 aliphatic rings. The molecule has 0 saturated heterocycles. The highest BCUT2D eigenvalue weighted by molar-refractivity contribution is 6.30. The summed E-state index contributed by atoms with van der Waals surface area (Å²) in [5.74, 6) is 0.372. The number of ether oxygens (including phenoxy) is 5. The van der Waals surface area contributed by atoms with E-state index in [4.69, 9.17) is 35.3 Å². The summed E-state index contributed by atoms with van der Waals surface area (Å²) in [6.45, 7) is 11.4. The highest BCUT2D eigenvalue weighted by atomic mass is 35.5. The summed E-state index contributed by atoms with van der Waals surface area (Å²) in [5, 5.41) is 10.3. The van der Waals surface area contributed by atoms with Crippen LogP contribution in [0, 0.1) is 41.5 Å². The standard InChI is InChI=1S/C31H35ClO8/c1-16-19(4)27(21(6)28(36-7)24(16)30(33)34)40-31(35)25-17(2)18(3)26(20(5)29(25)37-8)39-15-9-14-38-23-12-10-22(32)11-13-23/h10-13H,9,14-15H2,1-8H3,(H,33,34). The van der Waals surface area contributed by atoms with Gasteiger partial charge < -0.3 is 28.8 Å². The zero-order chi connectivity index (χ0) is 29.7. The number of halogens is 1. The molecule has 0 saturated carbocycles. The van der Waals surface area contributed by atoms with Crippen LogP contribution >= 0.6 is 11.6 Å². The molecule has 0 unspecified atom stereocenters. The molecule has 214 valence electrons. The molecule has 0 radical (unpaired) electrons. The number of esters is 1. The molecular formula is C31H35ClO8. The van der Waals surface area contributed by atoms with E-state index in [-0.39, 0.29) is 22.6 Å². The Kier molecular flexibility index (Phi) is 9.93. The van der Waals surface area contributed by atoms with Crippen LogP contribution in [0.3, 0.4) is 0 Å². The van der Waals surface area contributed by atoms with E-state index >= 15 is 0 Å². The van der Waals surface area contributed by atoms with Crippen molar-refractivity contribution in [2.24, 2.45) is 0 Å². The molecule has 0 spiro atoms. The van der Waals surface area contributed by atoms with Crippen LogP contribution in [0.1, 0.15) is 60.5 Å². The SMILES string of the molecule is COc1c(C)c(OC(=O)c2c(C)c(C)c(OCCCOc3ccc(Cl)cc3)c(C)c2OC)c(C)c(C)c1C(=O)O. The van der Waals surface area contributed by atoms with Crippen LogP contribution in [0.15, 0.2) is 24.3 Å². The summed E-state index contributed by atoms with van der Waals surface area (Å²) in [5.41, 5.74) is 3.83. The second kappa shape index (κ2) is 13.0. The van der Waals surface area contributed by atoms with Crippen LogP contribution in [-0.2, 0) is 0 Å². The molecule has 3 aromatic rings. The number of aromatic carboxylic acids is 1. The van der Waals surface area contributed by atoms with E-state index in [0.29, 0.717) is 64.0 Å². The molecule has 0 aromatic heterocycles. The van der Waals surface area contributed by atoms with Gasteiger partial charge in [-0.15, -0.1) is 0 Å². The van der Waals surface area contributed by atoms with E-state index in [9.17, 15) is 14.7 Å². The van der Waals surface area contributed by atoms with Gasteiger partial charge in [-0.2, -0.15) is 0 Å². The lowest BCUT2D eigenvalue weighted by molar-refractivity contribution is 0.0692. The highest BCUT2D eigenvalue weighted by Crippen LogP contribution is 2.41. The van der Waals surface area contributed by atoms with Gasteiger partial charge in [-0.25, -0.2) is 9.59 Å². The van der Waals surface area contributed by atoms with Gasteiger partial charge in [0, 0.05) is 22.6 Å². The van der Waals surface area contributed by atoms with Crippen molar-refractivity contribution in [2.45, 2.75) is 48.0 Å². The monoisotopic (exact) mass is 570 g/mol.